The van der Waals surface area contributed by atoms with Crippen molar-refractivity contribution in [2.45, 2.75) is 51.5 Å². The van der Waals surface area contributed by atoms with Crippen LogP contribution in [-0.4, -0.2) is 53.2 Å². The van der Waals surface area contributed by atoms with Crippen molar-refractivity contribution in [1.29, 1.82) is 0 Å². The van der Waals surface area contributed by atoms with Gasteiger partial charge >= 0.3 is 0 Å². The number of rotatable bonds is 9. The van der Waals surface area contributed by atoms with Gasteiger partial charge in [0.15, 0.2) is 0 Å². The Hall–Kier alpha value is -1.70. The van der Waals surface area contributed by atoms with Crippen molar-refractivity contribution in [3.05, 3.63) is 69.5 Å². The summed E-state index contributed by atoms with van der Waals surface area (Å²) in [5.74, 6) is -0.290. The lowest BCUT2D eigenvalue weighted by atomic mass is 10.0. The van der Waals surface area contributed by atoms with Crippen LogP contribution < -0.4 is 0 Å². The molecule has 174 valence electrons. The van der Waals surface area contributed by atoms with E-state index in [1.54, 1.807) is 18.2 Å². The average Bonchev–Trinajstić information content (AvgIpc) is 3.16. The number of benzene rings is 2. The van der Waals surface area contributed by atoms with Crippen LogP contribution in [-0.2, 0) is 16.1 Å². The van der Waals surface area contributed by atoms with E-state index < -0.39 is 6.10 Å². The van der Waals surface area contributed by atoms with Crippen LogP contribution in [0.4, 0.5) is 4.39 Å². The van der Waals surface area contributed by atoms with E-state index in [1.165, 1.54) is 12.1 Å². The van der Waals surface area contributed by atoms with Crippen LogP contribution in [0.5, 0.6) is 0 Å². The molecule has 1 N–H and O–H groups in total. The van der Waals surface area contributed by atoms with Crippen molar-refractivity contribution in [3.63, 3.8) is 0 Å². The molecule has 5 nitrogen and oxygen atoms in total. The minimum absolute atomic E-state index is 0.205. The molecule has 0 radical (unpaired) electrons. The molecule has 1 heterocycles. The highest BCUT2D eigenvalue weighted by Gasteiger charge is 2.26. The second-order valence-electron chi connectivity index (χ2n) is 9.00. The summed E-state index contributed by atoms with van der Waals surface area (Å²) >= 11 is 12.1. The Bertz CT molecular complexity index is 949. The number of aliphatic hydroxyl groups excluding tert-OH is 1. The first-order chi connectivity index (χ1) is 15.1. The van der Waals surface area contributed by atoms with Crippen molar-refractivity contribution in [2.24, 2.45) is 5.16 Å². The molecule has 32 heavy (non-hydrogen) atoms. The fraction of sp³-hybridized carbons (Fsp3) is 0.458. The number of hydrogen-bond acceptors (Lipinski definition) is 5. The SMILES string of the molecule is CC(C)(C)OC[C@H](O)CN(Cc1cccc(F)c1)C[C@H]1CC(c2ccc(Cl)c(Cl)c2)=NO1. The van der Waals surface area contributed by atoms with Crippen LogP contribution >= 0.6 is 23.2 Å². The smallest absolute Gasteiger partial charge is 0.145 e. The van der Waals surface area contributed by atoms with E-state index in [-0.39, 0.29) is 24.1 Å². The van der Waals surface area contributed by atoms with Gasteiger partial charge in [0.1, 0.15) is 11.9 Å². The summed E-state index contributed by atoms with van der Waals surface area (Å²) in [5, 5.41) is 15.7. The molecule has 0 unspecified atom stereocenters. The van der Waals surface area contributed by atoms with Crippen LogP contribution in [0.3, 0.4) is 0 Å². The van der Waals surface area contributed by atoms with E-state index in [2.05, 4.69) is 5.16 Å². The lowest BCUT2D eigenvalue weighted by molar-refractivity contribution is -0.0600. The molecular weight excluding hydrogens is 454 g/mol. The van der Waals surface area contributed by atoms with E-state index in [4.69, 9.17) is 32.8 Å². The number of halogens is 3. The normalized spacial score (nSPS) is 17.4. The van der Waals surface area contributed by atoms with Crippen molar-refractivity contribution in [3.8, 4) is 0 Å². The summed E-state index contributed by atoms with van der Waals surface area (Å²) in [7, 11) is 0. The molecule has 0 fully saturated rings. The maximum Gasteiger partial charge on any atom is 0.145 e. The van der Waals surface area contributed by atoms with E-state index in [1.807, 2.05) is 37.8 Å². The van der Waals surface area contributed by atoms with Gasteiger partial charge in [0.05, 0.1) is 34.1 Å². The first-order valence-corrected chi connectivity index (χ1v) is 11.3. The fourth-order valence-corrected chi connectivity index (χ4v) is 3.75. The number of nitrogens with zero attached hydrogens (tertiary/aromatic N) is 2. The third-order valence-electron chi connectivity index (χ3n) is 4.92. The Labute approximate surface area is 198 Å². The van der Waals surface area contributed by atoms with Gasteiger partial charge in [0.25, 0.3) is 0 Å². The summed E-state index contributed by atoms with van der Waals surface area (Å²) in [6, 6.07) is 11.8. The largest absolute Gasteiger partial charge is 0.390 e. The molecule has 8 heteroatoms. The second-order valence-corrected chi connectivity index (χ2v) is 9.81. The van der Waals surface area contributed by atoms with Gasteiger partial charge in [-0.05, 0) is 50.6 Å². The molecule has 0 aromatic heterocycles. The third kappa shape index (κ3) is 7.71. The number of hydrogen-bond donors (Lipinski definition) is 1. The summed E-state index contributed by atoms with van der Waals surface area (Å²) < 4.78 is 19.4. The Morgan fingerprint density at radius 3 is 2.69 bits per heavy atom. The van der Waals surface area contributed by atoms with Crippen LogP contribution in [0.2, 0.25) is 10.0 Å². The van der Waals surface area contributed by atoms with E-state index in [9.17, 15) is 9.50 Å². The zero-order valence-electron chi connectivity index (χ0n) is 18.5. The zero-order valence-corrected chi connectivity index (χ0v) is 20.0. The van der Waals surface area contributed by atoms with Crippen LogP contribution in [0.15, 0.2) is 47.6 Å². The van der Waals surface area contributed by atoms with Crippen molar-refractivity contribution >= 4 is 28.9 Å². The Balaban J connectivity index is 1.64. The molecule has 0 saturated heterocycles. The van der Waals surface area contributed by atoms with E-state index in [0.717, 1.165) is 16.8 Å². The van der Waals surface area contributed by atoms with Crippen LogP contribution in [0, 0.1) is 5.82 Å². The molecule has 2 atom stereocenters. The Kier molecular flexibility index (Phi) is 8.53. The zero-order chi connectivity index (χ0) is 23.3. The molecule has 0 bridgehead atoms. The van der Waals surface area contributed by atoms with Gasteiger partial charge < -0.3 is 14.7 Å². The molecule has 1 aliphatic heterocycles. The first-order valence-electron chi connectivity index (χ1n) is 10.6. The van der Waals surface area contributed by atoms with Crippen LogP contribution in [0.25, 0.3) is 0 Å². The molecule has 2 aromatic rings. The molecule has 0 amide bonds. The predicted octanol–water partition coefficient (Wildman–Crippen LogP) is 5.30. The molecule has 3 rings (SSSR count). The van der Waals surface area contributed by atoms with Crippen molar-refractivity contribution in [1.82, 2.24) is 4.90 Å². The summed E-state index contributed by atoms with van der Waals surface area (Å²) in [6.07, 6.45) is -0.310. The number of oxime groups is 1. The topological polar surface area (TPSA) is 54.3 Å². The van der Waals surface area contributed by atoms with Gasteiger partial charge in [0, 0.05) is 31.6 Å². The lowest BCUT2D eigenvalue weighted by Crippen LogP contribution is -2.40. The summed E-state index contributed by atoms with van der Waals surface area (Å²) in [4.78, 5) is 7.69. The highest BCUT2D eigenvalue weighted by atomic mass is 35.5. The maximum absolute atomic E-state index is 13.7. The number of ether oxygens (including phenoxy) is 1. The monoisotopic (exact) mass is 482 g/mol. The van der Waals surface area contributed by atoms with Crippen molar-refractivity contribution < 1.29 is 19.1 Å². The minimum atomic E-state index is -0.695. The van der Waals surface area contributed by atoms with Gasteiger partial charge in [0.2, 0.25) is 0 Å². The molecule has 0 spiro atoms. The van der Waals surface area contributed by atoms with Gasteiger partial charge in [-0.1, -0.05) is 46.6 Å². The Morgan fingerprint density at radius 1 is 1.22 bits per heavy atom. The minimum Gasteiger partial charge on any atom is -0.390 e. The standard InChI is InChI=1S/C24H29Cl2FN2O3/c1-24(2,3)31-15-19(30)13-29(12-16-5-4-6-18(27)9-16)14-20-11-23(28-32-20)17-7-8-21(25)22(26)10-17/h4-10,19-20,30H,11-15H2,1-3H3/t19-,20-/m1/s1. The van der Waals surface area contributed by atoms with Gasteiger partial charge in [-0.25, -0.2) is 4.39 Å². The van der Waals surface area contributed by atoms with Gasteiger partial charge in [-0.15, -0.1) is 0 Å². The molecule has 2 aromatic carbocycles. The molecule has 0 saturated carbocycles. The quantitative estimate of drug-likeness (QED) is 0.526. The highest BCUT2D eigenvalue weighted by molar-refractivity contribution is 6.42. The fourth-order valence-electron chi connectivity index (χ4n) is 3.45. The first kappa shape index (κ1) is 24.9. The molecule has 0 aliphatic carbocycles. The number of aliphatic hydroxyl groups is 1. The highest BCUT2D eigenvalue weighted by Crippen LogP contribution is 2.26. The van der Waals surface area contributed by atoms with Gasteiger partial charge in [-0.2, -0.15) is 0 Å². The molecular formula is C24H29Cl2FN2O3. The van der Waals surface area contributed by atoms with E-state index in [0.29, 0.717) is 36.1 Å². The van der Waals surface area contributed by atoms with E-state index >= 15 is 0 Å². The third-order valence-corrected chi connectivity index (χ3v) is 5.66. The predicted molar refractivity (Wildman–Crippen MR) is 126 cm³/mol. The average molecular weight is 483 g/mol. The van der Waals surface area contributed by atoms with Crippen LogP contribution in [0.1, 0.15) is 38.3 Å². The maximum atomic E-state index is 13.7. The Morgan fingerprint density at radius 2 is 2.00 bits per heavy atom. The lowest BCUT2D eigenvalue weighted by Gasteiger charge is -2.28. The summed E-state index contributed by atoms with van der Waals surface area (Å²) in [6.45, 7) is 7.37. The summed E-state index contributed by atoms with van der Waals surface area (Å²) in [5.41, 5.74) is 2.12. The van der Waals surface area contributed by atoms with Gasteiger partial charge in [-0.3, -0.25) is 4.90 Å². The van der Waals surface area contributed by atoms with Crippen molar-refractivity contribution in [2.75, 3.05) is 19.7 Å². The molecule has 1 aliphatic rings. The second kappa shape index (κ2) is 10.9.